The number of hydrogen-bond donors (Lipinski definition) is 2. The van der Waals surface area contributed by atoms with Gasteiger partial charge >= 0.3 is 5.97 Å². The largest absolute Gasteiger partial charge is 0.491 e. The molecule has 5 nitrogen and oxygen atoms in total. The van der Waals surface area contributed by atoms with E-state index in [4.69, 9.17) is 4.74 Å². The number of hydrogen-bond acceptors (Lipinski definition) is 4. The van der Waals surface area contributed by atoms with Crippen molar-refractivity contribution in [3.63, 3.8) is 0 Å². The van der Waals surface area contributed by atoms with Crippen LogP contribution >= 0.6 is 0 Å². The number of rotatable bonds is 7. The first-order valence-electron chi connectivity index (χ1n) is 11.1. The molecular formula is C27H29NO4. The molecule has 32 heavy (non-hydrogen) atoms. The van der Waals surface area contributed by atoms with Crippen LogP contribution in [0.4, 0.5) is 5.69 Å². The number of ether oxygens (including phenoxy) is 1. The number of anilines is 1. The third-order valence-corrected chi connectivity index (χ3v) is 6.02. The van der Waals surface area contributed by atoms with Crippen molar-refractivity contribution in [1.82, 2.24) is 0 Å². The molecule has 1 fully saturated rings. The molecular weight excluding hydrogens is 402 g/mol. The maximum Gasteiger partial charge on any atom is 0.335 e. The van der Waals surface area contributed by atoms with E-state index in [9.17, 15) is 15.0 Å². The minimum Gasteiger partial charge on any atom is -0.491 e. The lowest BCUT2D eigenvalue weighted by atomic mass is 9.94. The second-order valence-electron chi connectivity index (χ2n) is 8.32. The molecule has 166 valence electrons. The molecule has 0 unspecified atom stereocenters. The number of aliphatic hydroxyl groups is 1. The van der Waals surface area contributed by atoms with Gasteiger partial charge in [-0.2, -0.15) is 0 Å². The van der Waals surface area contributed by atoms with Gasteiger partial charge in [-0.15, -0.1) is 0 Å². The van der Waals surface area contributed by atoms with Gasteiger partial charge in [0.15, 0.2) is 0 Å². The summed E-state index contributed by atoms with van der Waals surface area (Å²) in [5, 5.41) is 18.4. The average molecular weight is 432 g/mol. The van der Waals surface area contributed by atoms with Crippen LogP contribution in [0, 0.1) is 13.8 Å². The van der Waals surface area contributed by atoms with Crippen LogP contribution in [0.1, 0.15) is 34.3 Å². The second kappa shape index (κ2) is 9.45. The summed E-state index contributed by atoms with van der Waals surface area (Å²) in [5.41, 5.74) is 8.01. The molecule has 1 saturated heterocycles. The highest BCUT2D eigenvalue weighted by molar-refractivity contribution is 5.88. The number of carboxylic acid groups (broad SMARTS) is 1. The highest BCUT2D eigenvalue weighted by Gasteiger charge is 2.19. The van der Waals surface area contributed by atoms with E-state index < -0.39 is 5.97 Å². The number of aliphatic hydroxyl groups excluding tert-OH is 1. The number of nitrogens with zero attached hydrogens (tertiary/aromatic N) is 1. The van der Waals surface area contributed by atoms with Gasteiger partial charge in [-0.25, -0.2) is 4.79 Å². The molecule has 1 aliphatic heterocycles. The standard InChI is InChI=1S/C27H29NO4/c1-18-15-23(16-19(2)26(18)28-11-3-4-12-28)24-17-22(9-10-25(24)32-14-13-29)20-5-7-21(8-6-20)27(30)31/h5-10,15-17,29H,3-4,11-14H2,1-2H3,(H,30,31). The summed E-state index contributed by atoms with van der Waals surface area (Å²) in [7, 11) is 0. The molecule has 2 N–H and O–H groups in total. The highest BCUT2D eigenvalue weighted by Crippen LogP contribution is 2.38. The Hall–Kier alpha value is -3.31. The SMILES string of the molecule is Cc1cc(-c2cc(-c3ccc(C(=O)O)cc3)ccc2OCCO)cc(C)c1N1CCCC1. The van der Waals surface area contributed by atoms with E-state index in [1.54, 1.807) is 12.1 Å². The zero-order valence-electron chi connectivity index (χ0n) is 18.6. The van der Waals surface area contributed by atoms with Crippen LogP contribution in [0.15, 0.2) is 54.6 Å². The lowest BCUT2D eigenvalue weighted by Gasteiger charge is -2.24. The van der Waals surface area contributed by atoms with Crippen molar-refractivity contribution in [1.29, 1.82) is 0 Å². The van der Waals surface area contributed by atoms with Crippen molar-refractivity contribution in [2.75, 3.05) is 31.2 Å². The summed E-state index contributed by atoms with van der Waals surface area (Å²) >= 11 is 0. The first-order valence-corrected chi connectivity index (χ1v) is 11.1. The zero-order chi connectivity index (χ0) is 22.7. The van der Waals surface area contributed by atoms with Crippen molar-refractivity contribution in [2.45, 2.75) is 26.7 Å². The maximum atomic E-state index is 11.2. The Labute approximate surface area is 188 Å². The average Bonchev–Trinajstić information content (AvgIpc) is 3.31. The fourth-order valence-corrected chi connectivity index (χ4v) is 4.57. The van der Waals surface area contributed by atoms with E-state index >= 15 is 0 Å². The van der Waals surface area contributed by atoms with Gasteiger partial charge in [-0.3, -0.25) is 0 Å². The molecule has 3 aromatic carbocycles. The van der Waals surface area contributed by atoms with E-state index in [2.05, 4.69) is 36.9 Å². The molecule has 0 radical (unpaired) electrons. The lowest BCUT2D eigenvalue weighted by molar-refractivity contribution is 0.0697. The normalized spacial score (nSPS) is 13.4. The smallest absolute Gasteiger partial charge is 0.335 e. The summed E-state index contributed by atoms with van der Waals surface area (Å²) in [4.78, 5) is 13.6. The fourth-order valence-electron chi connectivity index (χ4n) is 4.57. The van der Waals surface area contributed by atoms with Crippen molar-refractivity contribution < 1.29 is 19.7 Å². The fraction of sp³-hybridized carbons (Fsp3) is 0.296. The van der Waals surface area contributed by atoms with Crippen LogP contribution in [-0.2, 0) is 0 Å². The molecule has 0 amide bonds. The number of carbonyl (C=O) groups is 1. The monoisotopic (exact) mass is 431 g/mol. The minimum atomic E-state index is -0.936. The van der Waals surface area contributed by atoms with Gasteiger partial charge in [0.1, 0.15) is 12.4 Å². The summed E-state index contributed by atoms with van der Waals surface area (Å²) in [6.45, 7) is 6.70. The third-order valence-electron chi connectivity index (χ3n) is 6.02. The van der Waals surface area contributed by atoms with Gasteiger partial charge in [-0.05, 0) is 90.9 Å². The number of carboxylic acids is 1. The van der Waals surface area contributed by atoms with Gasteiger partial charge in [0.2, 0.25) is 0 Å². The molecule has 0 saturated carbocycles. The van der Waals surface area contributed by atoms with Crippen LogP contribution in [0.25, 0.3) is 22.3 Å². The van der Waals surface area contributed by atoms with E-state index in [0.717, 1.165) is 41.1 Å². The van der Waals surface area contributed by atoms with Gasteiger partial charge < -0.3 is 19.8 Å². The minimum absolute atomic E-state index is 0.0518. The zero-order valence-corrected chi connectivity index (χ0v) is 18.6. The molecule has 0 aliphatic carbocycles. The quantitative estimate of drug-likeness (QED) is 0.531. The first kappa shape index (κ1) is 21.9. The first-order chi connectivity index (χ1) is 15.5. The molecule has 0 aromatic heterocycles. The topological polar surface area (TPSA) is 70.0 Å². The third kappa shape index (κ3) is 4.48. The summed E-state index contributed by atoms with van der Waals surface area (Å²) in [5.74, 6) is -0.216. The Morgan fingerprint density at radius 2 is 1.53 bits per heavy atom. The van der Waals surface area contributed by atoms with Gasteiger partial charge in [0.25, 0.3) is 0 Å². The number of aromatic carboxylic acids is 1. The second-order valence-corrected chi connectivity index (χ2v) is 8.32. The van der Waals surface area contributed by atoms with Crippen molar-refractivity contribution in [2.24, 2.45) is 0 Å². The van der Waals surface area contributed by atoms with E-state index in [0.29, 0.717) is 0 Å². The number of benzene rings is 3. The van der Waals surface area contributed by atoms with Crippen LogP contribution in [-0.4, -0.2) is 42.5 Å². The molecule has 3 aromatic rings. The molecule has 0 atom stereocenters. The van der Waals surface area contributed by atoms with Crippen molar-refractivity contribution in [3.05, 3.63) is 71.3 Å². The molecule has 1 heterocycles. The van der Waals surface area contributed by atoms with Crippen molar-refractivity contribution in [3.8, 4) is 28.0 Å². The van der Waals surface area contributed by atoms with E-state index in [1.165, 1.54) is 29.7 Å². The van der Waals surface area contributed by atoms with Gasteiger partial charge in [0, 0.05) is 24.3 Å². The van der Waals surface area contributed by atoms with Crippen molar-refractivity contribution >= 4 is 11.7 Å². The summed E-state index contributed by atoms with van der Waals surface area (Å²) in [6.07, 6.45) is 2.48. The molecule has 0 bridgehead atoms. The predicted molar refractivity (Wildman–Crippen MR) is 128 cm³/mol. The Morgan fingerprint density at radius 3 is 2.12 bits per heavy atom. The Balaban J connectivity index is 1.77. The van der Waals surface area contributed by atoms with Gasteiger partial charge in [0.05, 0.1) is 12.2 Å². The molecule has 1 aliphatic rings. The molecule has 4 rings (SSSR count). The molecule has 5 heteroatoms. The van der Waals surface area contributed by atoms with Crippen LogP contribution in [0.2, 0.25) is 0 Å². The Kier molecular flexibility index (Phi) is 6.47. The van der Waals surface area contributed by atoms with Crippen LogP contribution in [0.3, 0.4) is 0 Å². The van der Waals surface area contributed by atoms with Crippen LogP contribution < -0.4 is 9.64 Å². The number of aryl methyl sites for hydroxylation is 2. The maximum absolute atomic E-state index is 11.2. The predicted octanol–water partition coefficient (Wildman–Crippen LogP) is 5.31. The Bertz CT molecular complexity index is 1090. The highest BCUT2D eigenvalue weighted by atomic mass is 16.5. The molecule has 0 spiro atoms. The van der Waals surface area contributed by atoms with Crippen LogP contribution in [0.5, 0.6) is 5.75 Å². The summed E-state index contributed by atoms with van der Waals surface area (Å²) < 4.78 is 5.85. The van der Waals surface area contributed by atoms with E-state index in [1.807, 2.05) is 24.3 Å². The van der Waals surface area contributed by atoms with E-state index in [-0.39, 0.29) is 18.8 Å². The van der Waals surface area contributed by atoms with Gasteiger partial charge in [-0.1, -0.05) is 18.2 Å². The summed E-state index contributed by atoms with van der Waals surface area (Å²) in [6, 6.07) is 17.3. The lowest BCUT2D eigenvalue weighted by Crippen LogP contribution is -2.19. The Morgan fingerprint density at radius 1 is 0.906 bits per heavy atom.